The van der Waals surface area contributed by atoms with Crippen molar-refractivity contribution in [2.45, 2.75) is 12.8 Å². The van der Waals surface area contributed by atoms with Crippen molar-refractivity contribution in [1.82, 2.24) is 4.57 Å². The Kier molecular flexibility index (Phi) is 7.42. The molecule has 8 heteroatoms. The third kappa shape index (κ3) is 5.71. The highest BCUT2D eigenvalue weighted by atomic mass is 16.3. The molecule has 5 rings (SSSR count). The van der Waals surface area contributed by atoms with Crippen LogP contribution in [0.25, 0.3) is 5.69 Å². The van der Waals surface area contributed by atoms with E-state index in [0.29, 0.717) is 22.9 Å². The van der Waals surface area contributed by atoms with Gasteiger partial charge in [0.25, 0.3) is 11.8 Å². The van der Waals surface area contributed by atoms with Crippen LogP contribution in [0.5, 0.6) is 0 Å². The number of hydrogen-bond acceptors (Lipinski definition) is 5. The van der Waals surface area contributed by atoms with E-state index in [1.165, 1.54) is 0 Å². The predicted octanol–water partition coefficient (Wildman–Crippen LogP) is 4.78. The zero-order valence-corrected chi connectivity index (χ0v) is 21.0. The van der Waals surface area contributed by atoms with Crippen molar-refractivity contribution < 1.29 is 14.7 Å². The molecule has 3 aromatic carbocycles. The van der Waals surface area contributed by atoms with E-state index in [1.54, 1.807) is 22.9 Å². The molecule has 0 spiro atoms. The van der Waals surface area contributed by atoms with Crippen LogP contribution in [-0.2, 0) is 0 Å². The van der Waals surface area contributed by atoms with Crippen LogP contribution >= 0.6 is 0 Å². The number of amides is 2. The number of aliphatic hydroxyl groups is 1. The summed E-state index contributed by atoms with van der Waals surface area (Å²) >= 11 is 0. The molecule has 2 amide bonds. The minimum absolute atomic E-state index is 0.167. The molecular formula is C30H31N5O3. The molecule has 1 fully saturated rings. The number of piperidine rings is 1. The van der Waals surface area contributed by atoms with Gasteiger partial charge in [0.15, 0.2) is 0 Å². The largest absolute Gasteiger partial charge is 0.396 e. The van der Waals surface area contributed by atoms with Gasteiger partial charge in [-0.15, -0.1) is 0 Å². The molecule has 1 atom stereocenters. The first kappa shape index (κ1) is 25.1. The fourth-order valence-electron chi connectivity index (χ4n) is 4.79. The molecule has 38 heavy (non-hydrogen) atoms. The van der Waals surface area contributed by atoms with Crippen LogP contribution in [-0.4, -0.2) is 41.2 Å². The number of aromatic nitrogens is 1. The fraction of sp³-hybridized carbons (Fsp3) is 0.200. The zero-order valence-electron chi connectivity index (χ0n) is 21.0. The number of aliphatic hydroxyl groups excluding tert-OH is 1. The first-order valence-electron chi connectivity index (χ1n) is 12.7. The van der Waals surface area contributed by atoms with Crippen molar-refractivity contribution in [1.29, 1.82) is 0 Å². The quantitative estimate of drug-likeness (QED) is 0.273. The first-order valence-corrected chi connectivity index (χ1v) is 12.7. The monoisotopic (exact) mass is 509 g/mol. The summed E-state index contributed by atoms with van der Waals surface area (Å²) in [6.07, 6.45) is 3.92. The molecule has 4 aromatic rings. The number of nitrogens with zero attached hydrogens (tertiary/aromatic N) is 2. The second-order valence-electron chi connectivity index (χ2n) is 9.51. The standard InChI is InChI=1S/C30H31N5O3/c31-29(37)28-4-2-18-35(28)27-15-11-24(12-16-27)32-23-7-9-25(10-8-23)33-30(38)22-5-13-26(14-6-22)34-17-1-3-21(19-34)20-36/h2,4-16,18,21,32,36H,1,3,17,19-20H2,(H2,31,37)(H,33,38). The Balaban J connectivity index is 1.17. The number of nitrogens with two attached hydrogens (primary N) is 1. The fourth-order valence-corrected chi connectivity index (χ4v) is 4.79. The Bertz CT molecular complexity index is 1400. The van der Waals surface area contributed by atoms with Crippen molar-refractivity contribution in [3.63, 3.8) is 0 Å². The lowest BCUT2D eigenvalue weighted by atomic mass is 9.98. The van der Waals surface area contributed by atoms with E-state index < -0.39 is 5.91 Å². The van der Waals surface area contributed by atoms with Gasteiger partial charge in [0, 0.05) is 59.9 Å². The van der Waals surface area contributed by atoms with E-state index in [-0.39, 0.29) is 12.5 Å². The predicted molar refractivity (Wildman–Crippen MR) is 150 cm³/mol. The topological polar surface area (TPSA) is 113 Å². The maximum Gasteiger partial charge on any atom is 0.265 e. The second-order valence-corrected chi connectivity index (χ2v) is 9.51. The van der Waals surface area contributed by atoms with Crippen molar-refractivity contribution in [2.24, 2.45) is 11.7 Å². The number of carbonyl (C=O) groups excluding carboxylic acids is 2. The molecule has 0 aliphatic carbocycles. The van der Waals surface area contributed by atoms with Crippen LogP contribution in [0, 0.1) is 5.92 Å². The number of nitrogens with one attached hydrogen (secondary N) is 2. The Morgan fingerprint density at radius 1 is 0.868 bits per heavy atom. The van der Waals surface area contributed by atoms with E-state index in [2.05, 4.69) is 15.5 Å². The average molecular weight is 510 g/mol. The average Bonchev–Trinajstić information content (AvgIpc) is 3.45. The molecule has 0 saturated carbocycles. The van der Waals surface area contributed by atoms with E-state index in [4.69, 9.17) is 5.73 Å². The highest BCUT2D eigenvalue weighted by Gasteiger charge is 2.19. The Morgan fingerprint density at radius 2 is 1.50 bits per heavy atom. The summed E-state index contributed by atoms with van der Waals surface area (Å²) in [5, 5.41) is 15.8. The molecule has 1 saturated heterocycles. The smallest absolute Gasteiger partial charge is 0.265 e. The number of benzene rings is 3. The van der Waals surface area contributed by atoms with Gasteiger partial charge in [-0.3, -0.25) is 9.59 Å². The van der Waals surface area contributed by atoms with E-state index >= 15 is 0 Å². The van der Waals surface area contributed by atoms with Crippen LogP contribution in [0.1, 0.15) is 33.7 Å². The highest BCUT2D eigenvalue weighted by molar-refractivity contribution is 6.04. The number of primary amides is 1. The SMILES string of the molecule is NC(=O)c1cccn1-c1ccc(Nc2ccc(NC(=O)c3ccc(N4CCCC(CO)C4)cc3)cc2)cc1. The maximum atomic E-state index is 12.8. The van der Waals surface area contributed by atoms with Gasteiger partial charge in [0.05, 0.1) is 0 Å². The maximum absolute atomic E-state index is 12.8. The first-order chi connectivity index (χ1) is 18.5. The Labute approximate surface area is 221 Å². The Morgan fingerprint density at radius 3 is 2.16 bits per heavy atom. The highest BCUT2D eigenvalue weighted by Crippen LogP contribution is 2.25. The van der Waals surface area contributed by atoms with Crippen molar-refractivity contribution in [3.05, 3.63) is 102 Å². The van der Waals surface area contributed by atoms with Gasteiger partial charge in [-0.1, -0.05) is 0 Å². The molecule has 8 nitrogen and oxygen atoms in total. The van der Waals surface area contributed by atoms with E-state index in [0.717, 1.165) is 48.7 Å². The van der Waals surface area contributed by atoms with Gasteiger partial charge in [-0.25, -0.2) is 0 Å². The van der Waals surface area contributed by atoms with Gasteiger partial charge in [0.1, 0.15) is 5.69 Å². The number of carbonyl (C=O) groups is 2. The van der Waals surface area contributed by atoms with Crippen molar-refractivity contribution in [3.8, 4) is 5.69 Å². The number of hydrogen-bond donors (Lipinski definition) is 4. The zero-order chi connectivity index (χ0) is 26.5. The van der Waals surface area contributed by atoms with Crippen LogP contribution in [0.3, 0.4) is 0 Å². The van der Waals surface area contributed by atoms with Gasteiger partial charge in [-0.2, -0.15) is 0 Å². The van der Waals surface area contributed by atoms with Crippen LogP contribution in [0.4, 0.5) is 22.7 Å². The third-order valence-electron chi connectivity index (χ3n) is 6.85. The van der Waals surface area contributed by atoms with Crippen molar-refractivity contribution in [2.75, 3.05) is 35.2 Å². The summed E-state index contributed by atoms with van der Waals surface area (Å²) in [5.41, 5.74) is 10.8. The van der Waals surface area contributed by atoms with Crippen LogP contribution < -0.4 is 21.3 Å². The normalized spacial score (nSPS) is 15.2. The van der Waals surface area contributed by atoms with Crippen LogP contribution in [0.15, 0.2) is 91.1 Å². The summed E-state index contributed by atoms with van der Waals surface area (Å²) in [5.74, 6) is -0.333. The number of rotatable bonds is 8. The molecule has 1 unspecified atom stereocenters. The van der Waals surface area contributed by atoms with Gasteiger partial charge < -0.3 is 30.9 Å². The van der Waals surface area contributed by atoms with E-state index in [1.807, 2.05) is 72.8 Å². The van der Waals surface area contributed by atoms with Crippen molar-refractivity contribution >= 4 is 34.6 Å². The molecular weight excluding hydrogens is 478 g/mol. The minimum atomic E-state index is -0.476. The summed E-state index contributed by atoms with van der Waals surface area (Å²) in [6.45, 7) is 2.02. The molecule has 1 aliphatic rings. The van der Waals surface area contributed by atoms with E-state index in [9.17, 15) is 14.7 Å². The van der Waals surface area contributed by atoms with Gasteiger partial charge >= 0.3 is 0 Å². The second kappa shape index (κ2) is 11.2. The van der Waals surface area contributed by atoms with Gasteiger partial charge in [-0.05, 0) is 104 Å². The summed E-state index contributed by atoms with van der Waals surface area (Å²) in [4.78, 5) is 26.6. The lowest BCUT2D eigenvalue weighted by molar-refractivity contribution is 0.0991. The minimum Gasteiger partial charge on any atom is -0.396 e. The Hall–Kier alpha value is -4.56. The molecule has 2 heterocycles. The molecule has 5 N–H and O–H groups in total. The molecule has 1 aliphatic heterocycles. The summed E-state index contributed by atoms with van der Waals surface area (Å²) in [6, 6.07) is 26.3. The summed E-state index contributed by atoms with van der Waals surface area (Å²) < 4.78 is 1.75. The lowest BCUT2D eigenvalue weighted by Crippen LogP contribution is -2.36. The van der Waals surface area contributed by atoms with Gasteiger partial charge in [0.2, 0.25) is 0 Å². The summed E-state index contributed by atoms with van der Waals surface area (Å²) in [7, 11) is 0. The molecule has 1 aromatic heterocycles. The molecule has 0 radical (unpaired) electrons. The lowest BCUT2D eigenvalue weighted by Gasteiger charge is -2.33. The third-order valence-corrected chi connectivity index (χ3v) is 6.85. The van der Waals surface area contributed by atoms with Crippen LogP contribution in [0.2, 0.25) is 0 Å². The number of anilines is 4. The molecule has 0 bridgehead atoms. The molecule has 194 valence electrons.